The van der Waals surface area contributed by atoms with E-state index in [-0.39, 0.29) is 29.3 Å². The number of rotatable bonds is 6. The lowest BCUT2D eigenvalue weighted by molar-refractivity contribution is -0.150. The smallest absolute Gasteiger partial charge is 0.352 e. The van der Waals surface area contributed by atoms with Crippen LogP contribution >= 0.6 is 23.1 Å². The van der Waals surface area contributed by atoms with Gasteiger partial charge in [-0.1, -0.05) is 19.9 Å². The summed E-state index contributed by atoms with van der Waals surface area (Å²) in [5.74, 6) is -0.729. The first-order valence-electron chi connectivity index (χ1n) is 8.10. The van der Waals surface area contributed by atoms with Crippen LogP contribution < -0.4 is 5.32 Å². The Bertz CT molecular complexity index is 727. The first-order chi connectivity index (χ1) is 11.9. The molecule has 2 aliphatic heterocycles. The van der Waals surface area contributed by atoms with E-state index in [9.17, 15) is 19.5 Å². The van der Waals surface area contributed by atoms with E-state index in [1.807, 2.05) is 31.4 Å². The fraction of sp³-hybridized carbons (Fsp3) is 0.471. The predicted octanol–water partition coefficient (Wildman–Crippen LogP) is 2.08. The van der Waals surface area contributed by atoms with Gasteiger partial charge in [-0.2, -0.15) is 0 Å². The Labute approximate surface area is 154 Å². The number of amides is 2. The number of carboxylic acid groups (broad SMARTS) is 1. The molecular formula is C17H20N2O4S2. The summed E-state index contributed by atoms with van der Waals surface area (Å²) in [5.41, 5.74) is 0.895. The molecule has 0 radical (unpaired) electrons. The standard InChI is InChI=1S/C17H20N2O4S2/c1-9(2)6-10-8-25-16-13(15(21)19(16)14(10)17(22)23)18-12(20)7-11-4-3-5-24-11/h3-5,9,13,16H,6-8H2,1-2H3,(H,18,20)(H,22,23). The molecule has 0 bridgehead atoms. The van der Waals surface area contributed by atoms with Gasteiger partial charge in [0.2, 0.25) is 5.91 Å². The third kappa shape index (κ3) is 3.59. The molecule has 0 aromatic carbocycles. The zero-order valence-electron chi connectivity index (χ0n) is 14.0. The maximum Gasteiger partial charge on any atom is 0.352 e. The molecule has 3 heterocycles. The van der Waals surface area contributed by atoms with Crippen molar-refractivity contribution in [1.29, 1.82) is 0 Å². The maximum atomic E-state index is 12.5. The minimum absolute atomic E-state index is 0.103. The number of thioether (sulfide) groups is 1. The summed E-state index contributed by atoms with van der Waals surface area (Å²) in [5, 5.41) is 13.9. The first kappa shape index (κ1) is 18.0. The number of thiophene rings is 1. The molecule has 0 saturated carbocycles. The minimum Gasteiger partial charge on any atom is -0.477 e. The van der Waals surface area contributed by atoms with Crippen LogP contribution in [0.3, 0.4) is 0 Å². The highest BCUT2D eigenvalue weighted by Crippen LogP contribution is 2.41. The van der Waals surface area contributed by atoms with Crippen LogP contribution in [0, 0.1) is 5.92 Å². The van der Waals surface area contributed by atoms with Crippen LogP contribution in [0.5, 0.6) is 0 Å². The van der Waals surface area contributed by atoms with E-state index >= 15 is 0 Å². The van der Waals surface area contributed by atoms with E-state index in [4.69, 9.17) is 0 Å². The summed E-state index contributed by atoms with van der Waals surface area (Å²) in [7, 11) is 0. The summed E-state index contributed by atoms with van der Waals surface area (Å²) < 4.78 is 0. The highest BCUT2D eigenvalue weighted by Gasteiger charge is 2.54. The molecule has 2 aliphatic rings. The number of carbonyl (C=O) groups excluding carboxylic acids is 2. The molecule has 2 amide bonds. The van der Waals surface area contributed by atoms with Crippen molar-refractivity contribution in [2.75, 3.05) is 5.75 Å². The molecule has 8 heteroatoms. The van der Waals surface area contributed by atoms with Crippen molar-refractivity contribution in [3.8, 4) is 0 Å². The molecule has 2 atom stereocenters. The number of aliphatic carboxylic acids is 1. The van der Waals surface area contributed by atoms with Crippen molar-refractivity contribution in [3.05, 3.63) is 33.7 Å². The Kier molecular flexibility index (Phi) is 5.19. The Hall–Kier alpha value is -1.80. The number of carboxylic acids is 1. The second kappa shape index (κ2) is 7.21. The van der Waals surface area contributed by atoms with Gasteiger partial charge in [-0.05, 0) is 29.4 Å². The van der Waals surface area contributed by atoms with Crippen LogP contribution in [0.2, 0.25) is 0 Å². The highest BCUT2D eigenvalue weighted by atomic mass is 32.2. The van der Waals surface area contributed by atoms with Crippen molar-refractivity contribution in [3.63, 3.8) is 0 Å². The van der Waals surface area contributed by atoms with E-state index in [1.54, 1.807) is 0 Å². The van der Waals surface area contributed by atoms with Gasteiger partial charge in [0, 0.05) is 10.6 Å². The quantitative estimate of drug-likeness (QED) is 0.738. The Morgan fingerprint density at radius 3 is 2.80 bits per heavy atom. The average molecular weight is 380 g/mol. The second-order valence-electron chi connectivity index (χ2n) is 6.57. The predicted molar refractivity (Wildman–Crippen MR) is 97.2 cm³/mol. The topological polar surface area (TPSA) is 86.7 Å². The number of β-lactam (4-membered cyclic amide) rings is 1. The van der Waals surface area contributed by atoms with E-state index in [2.05, 4.69) is 5.32 Å². The van der Waals surface area contributed by atoms with Gasteiger partial charge in [-0.3, -0.25) is 14.5 Å². The molecule has 3 rings (SSSR count). The number of hydrogen-bond donors (Lipinski definition) is 2. The average Bonchev–Trinajstić information content (AvgIpc) is 3.04. The molecular weight excluding hydrogens is 360 g/mol. The number of fused-ring (bicyclic) bond motifs is 1. The molecule has 2 N–H and O–H groups in total. The summed E-state index contributed by atoms with van der Waals surface area (Å²) in [6.07, 6.45) is 0.888. The fourth-order valence-corrected chi connectivity index (χ4v) is 5.19. The maximum absolute atomic E-state index is 12.5. The summed E-state index contributed by atoms with van der Waals surface area (Å²) in [6.45, 7) is 4.05. The fourth-order valence-electron chi connectivity index (χ4n) is 3.13. The molecule has 0 aliphatic carbocycles. The van der Waals surface area contributed by atoms with Gasteiger partial charge in [0.15, 0.2) is 0 Å². The number of nitrogens with one attached hydrogen (secondary N) is 1. The number of carbonyl (C=O) groups is 3. The molecule has 1 fully saturated rings. The monoisotopic (exact) mass is 380 g/mol. The zero-order valence-corrected chi connectivity index (χ0v) is 15.7. The molecule has 2 unspecified atom stereocenters. The molecule has 6 nitrogen and oxygen atoms in total. The van der Waals surface area contributed by atoms with E-state index in [0.29, 0.717) is 18.1 Å². The number of hydrogen-bond acceptors (Lipinski definition) is 5. The van der Waals surface area contributed by atoms with Crippen molar-refractivity contribution < 1.29 is 19.5 Å². The Morgan fingerprint density at radius 2 is 2.20 bits per heavy atom. The second-order valence-corrected chi connectivity index (χ2v) is 8.70. The largest absolute Gasteiger partial charge is 0.477 e. The van der Waals surface area contributed by atoms with Gasteiger partial charge >= 0.3 is 5.97 Å². The van der Waals surface area contributed by atoms with E-state index < -0.39 is 12.0 Å². The lowest BCUT2D eigenvalue weighted by Crippen LogP contribution is -2.70. The van der Waals surface area contributed by atoms with Crippen LogP contribution in [0.4, 0.5) is 0 Å². The van der Waals surface area contributed by atoms with Crippen molar-refractivity contribution in [2.45, 2.75) is 38.1 Å². The first-order valence-corrected chi connectivity index (χ1v) is 10.0. The minimum atomic E-state index is -1.07. The van der Waals surface area contributed by atoms with Crippen LogP contribution in [0.1, 0.15) is 25.1 Å². The summed E-state index contributed by atoms with van der Waals surface area (Å²) in [6, 6.07) is 3.10. The molecule has 1 aromatic heterocycles. The van der Waals surface area contributed by atoms with Gasteiger partial charge in [0.05, 0.1) is 6.42 Å². The zero-order chi connectivity index (χ0) is 18.1. The van der Waals surface area contributed by atoms with E-state index in [0.717, 1.165) is 10.5 Å². The third-order valence-electron chi connectivity index (χ3n) is 4.14. The van der Waals surface area contributed by atoms with E-state index in [1.165, 1.54) is 28.0 Å². The lowest BCUT2D eigenvalue weighted by atomic mass is 9.97. The van der Waals surface area contributed by atoms with Crippen LogP contribution in [-0.4, -0.2) is 45.0 Å². The van der Waals surface area contributed by atoms with Gasteiger partial charge in [-0.15, -0.1) is 23.1 Å². The summed E-state index contributed by atoms with van der Waals surface area (Å²) in [4.78, 5) is 38.6. The Morgan fingerprint density at radius 1 is 1.44 bits per heavy atom. The van der Waals surface area contributed by atoms with Gasteiger partial charge in [0.25, 0.3) is 5.91 Å². The summed E-state index contributed by atoms with van der Waals surface area (Å²) >= 11 is 3.01. The molecule has 25 heavy (non-hydrogen) atoms. The van der Waals surface area contributed by atoms with Crippen molar-refractivity contribution in [1.82, 2.24) is 10.2 Å². The molecule has 0 spiro atoms. The highest BCUT2D eigenvalue weighted by molar-refractivity contribution is 8.00. The molecule has 1 aromatic rings. The van der Waals surface area contributed by atoms with Gasteiger partial charge in [-0.25, -0.2) is 4.79 Å². The van der Waals surface area contributed by atoms with Crippen LogP contribution in [0.25, 0.3) is 0 Å². The Balaban J connectivity index is 1.71. The SMILES string of the molecule is CC(C)CC1=C(C(=O)O)N2C(=O)C(NC(=O)Cc3cccs3)C2SC1. The van der Waals surface area contributed by atoms with Crippen LogP contribution in [-0.2, 0) is 20.8 Å². The molecule has 1 saturated heterocycles. The third-order valence-corrected chi connectivity index (χ3v) is 6.35. The van der Waals surface area contributed by atoms with Crippen molar-refractivity contribution in [2.24, 2.45) is 5.92 Å². The molecule has 134 valence electrons. The van der Waals surface area contributed by atoms with Crippen LogP contribution in [0.15, 0.2) is 28.8 Å². The van der Waals surface area contributed by atoms with Crippen molar-refractivity contribution >= 4 is 40.9 Å². The lowest BCUT2D eigenvalue weighted by Gasteiger charge is -2.49. The number of nitrogens with zero attached hydrogens (tertiary/aromatic N) is 1. The van der Waals surface area contributed by atoms with Gasteiger partial charge in [0.1, 0.15) is 17.1 Å². The normalized spacial score (nSPS) is 22.7. The van der Waals surface area contributed by atoms with Gasteiger partial charge < -0.3 is 10.4 Å².